The van der Waals surface area contributed by atoms with E-state index in [9.17, 15) is 4.79 Å². The number of carbonyl (C=O) groups is 1. The number of amides is 1. The molecule has 1 amide bonds. The molecule has 0 atom stereocenters. The molecule has 0 aliphatic rings. The van der Waals surface area contributed by atoms with E-state index < -0.39 is 0 Å². The van der Waals surface area contributed by atoms with Crippen LogP contribution >= 0.6 is 23.1 Å². The molecule has 0 spiro atoms. The van der Waals surface area contributed by atoms with Crippen LogP contribution < -0.4 is 5.32 Å². The Bertz CT molecular complexity index is 523. The van der Waals surface area contributed by atoms with E-state index in [1.807, 2.05) is 19.9 Å². The van der Waals surface area contributed by atoms with E-state index >= 15 is 0 Å². The van der Waals surface area contributed by atoms with Gasteiger partial charge in [-0.25, -0.2) is 9.97 Å². The summed E-state index contributed by atoms with van der Waals surface area (Å²) in [4.78, 5) is 20.1. The van der Waals surface area contributed by atoms with Gasteiger partial charge in [0.2, 0.25) is 11.0 Å². The van der Waals surface area contributed by atoms with Crippen LogP contribution in [0.4, 0.5) is 5.13 Å². The third-order valence-electron chi connectivity index (χ3n) is 1.90. The molecular weight excluding hydrogens is 270 g/mol. The Kier molecular flexibility index (Phi) is 4.21. The molecule has 2 aromatic heterocycles. The van der Waals surface area contributed by atoms with Crippen molar-refractivity contribution in [3.63, 3.8) is 0 Å². The summed E-state index contributed by atoms with van der Waals surface area (Å²) in [7, 11) is 0. The maximum absolute atomic E-state index is 11.6. The van der Waals surface area contributed by atoms with Crippen molar-refractivity contribution >= 4 is 34.1 Å². The summed E-state index contributed by atoms with van der Waals surface area (Å²) in [6.07, 6.45) is 0. The van der Waals surface area contributed by atoms with Crippen molar-refractivity contribution in [3.8, 4) is 0 Å². The number of nitrogens with zero attached hydrogens (tertiary/aromatic N) is 4. The molecule has 6 nitrogen and oxygen atoms in total. The lowest BCUT2D eigenvalue weighted by molar-refractivity contribution is -0.113. The number of hydrogen-bond donors (Lipinski definition) is 1. The van der Waals surface area contributed by atoms with Gasteiger partial charge < -0.3 is 0 Å². The van der Waals surface area contributed by atoms with Gasteiger partial charge in [0.25, 0.3) is 0 Å². The predicted octanol–water partition coefficient (Wildman–Crippen LogP) is 1.68. The highest BCUT2D eigenvalue weighted by atomic mass is 32.2. The van der Waals surface area contributed by atoms with Gasteiger partial charge in [0.15, 0.2) is 5.16 Å². The van der Waals surface area contributed by atoms with Crippen LogP contribution in [0.25, 0.3) is 0 Å². The van der Waals surface area contributed by atoms with Crippen molar-refractivity contribution in [2.24, 2.45) is 0 Å². The molecule has 8 heteroatoms. The number of nitrogens with one attached hydrogen (secondary N) is 1. The SMILES string of the molecule is Cc1cc(C)nc(SCC(=O)Nc2nncs2)n1. The first-order valence-corrected chi connectivity index (χ1v) is 7.01. The van der Waals surface area contributed by atoms with E-state index in [4.69, 9.17) is 0 Å². The zero-order chi connectivity index (χ0) is 13.0. The van der Waals surface area contributed by atoms with Crippen LogP contribution in [0.5, 0.6) is 0 Å². The summed E-state index contributed by atoms with van der Waals surface area (Å²) in [5.74, 6) is 0.113. The lowest BCUT2D eigenvalue weighted by atomic mass is 10.4. The minimum Gasteiger partial charge on any atom is -0.300 e. The lowest BCUT2D eigenvalue weighted by Gasteiger charge is -2.02. The van der Waals surface area contributed by atoms with Crippen molar-refractivity contribution in [3.05, 3.63) is 23.0 Å². The van der Waals surface area contributed by atoms with Crippen LogP contribution in [-0.4, -0.2) is 31.8 Å². The average Bonchev–Trinajstić information content (AvgIpc) is 2.78. The van der Waals surface area contributed by atoms with Gasteiger partial charge in [0.05, 0.1) is 5.75 Å². The maximum atomic E-state index is 11.6. The molecule has 0 saturated heterocycles. The Labute approximate surface area is 112 Å². The molecule has 18 heavy (non-hydrogen) atoms. The van der Waals surface area contributed by atoms with Crippen molar-refractivity contribution in [2.45, 2.75) is 19.0 Å². The molecule has 0 aromatic carbocycles. The molecule has 0 aliphatic carbocycles. The second-order valence-electron chi connectivity index (χ2n) is 3.51. The van der Waals surface area contributed by atoms with E-state index in [1.165, 1.54) is 23.1 Å². The van der Waals surface area contributed by atoms with Gasteiger partial charge in [-0.3, -0.25) is 10.1 Å². The zero-order valence-corrected chi connectivity index (χ0v) is 11.5. The summed E-state index contributed by atoms with van der Waals surface area (Å²) in [5.41, 5.74) is 3.36. The molecule has 0 bridgehead atoms. The first kappa shape index (κ1) is 12.9. The van der Waals surface area contributed by atoms with Crippen LogP contribution in [0.1, 0.15) is 11.4 Å². The smallest absolute Gasteiger partial charge is 0.236 e. The number of carbonyl (C=O) groups excluding carboxylic acids is 1. The van der Waals surface area contributed by atoms with Gasteiger partial charge in [0, 0.05) is 11.4 Å². The molecular formula is C10H11N5OS2. The molecule has 1 N–H and O–H groups in total. The number of hydrogen-bond acceptors (Lipinski definition) is 7. The molecule has 0 unspecified atom stereocenters. The highest BCUT2D eigenvalue weighted by molar-refractivity contribution is 7.99. The zero-order valence-electron chi connectivity index (χ0n) is 9.88. The van der Waals surface area contributed by atoms with E-state index in [1.54, 1.807) is 5.51 Å². The Morgan fingerprint density at radius 3 is 2.72 bits per heavy atom. The molecule has 0 fully saturated rings. The average molecular weight is 281 g/mol. The maximum Gasteiger partial charge on any atom is 0.236 e. The van der Waals surface area contributed by atoms with Crippen LogP contribution in [0.2, 0.25) is 0 Å². The summed E-state index contributed by atoms with van der Waals surface area (Å²) in [6.45, 7) is 3.81. The largest absolute Gasteiger partial charge is 0.300 e. The van der Waals surface area contributed by atoms with E-state index in [0.29, 0.717) is 10.3 Å². The number of aryl methyl sites for hydroxylation is 2. The molecule has 2 aromatic rings. The summed E-state index contributed by atoms with van der Waals surface area (Å²) in [6, 6.07) is 1.89. The van der Waals surface area contributed by atoms with Gasteiger partial charge in [-0.05, 0) is 19.9 Å². The summed E-state index contributed by atoms with van der Waals surface area (Å²) in [5, 5.41) is 11.1. The fourth-order valence-corrected chi connectivity index (χ4v) is 2.48. The van der Waals surface area contributed by atoms with Gasteiger partial charge in [0.1, 0.15) is 5.51 Å². The highest BCUT2D eigenvalue weighted by Gasteiger charge is 2.07. The van der Waals surface area contributed by atoms with Gasteiger partial charge in [-0.1, -0.05) is 23.1 Å². The summed E-state index contributed by atoms with van der Waals surface area (Å²) < 4.78 is 0. The number of thioether (sulfide) groups is 1. The molecule has 0 radical (unpaired) electrons. The third kappa shape index (κ3) is 3.74. The second kappa shape index (κ2) is 5.87. The van der Waals surface area contributed by atoms with Crippen molar-refractivity contribution in [1.29, 1.82) is 0 Å². The first-order valence-electron chi connectivity index (χ1n) is 5.14. The quantitative estimate of drug-likeness (QED) is 0.678. The summed E-state index contributed by atoms with van der Waals surface area (Å²) >= 11 is 2.58. The molecule has 94 valence electrons. The van der Waals surface area contributed by atoms with Crippen molar-refractivity contribution in [1.82, 2.24) is 20.2 Å². The number of aromatic nitrogens is 4. The standard InChI is InChI=1S/C10H11N5OS2/c1-6-3-7(2)13-9(12-6)17-4-8(16)14-10-15-11-5-18-10/h3,5H,4H2,1-2H3,(H,14,15,16). The van der Waals surface area contributed by atoms with Crippen LogP contribution in [0.3, 0.4) is 0 Å². The fraction of sp³-hybridized carbons (Fsp3) is 0.300. The van der Waals surface area contributed by atoms with E-state index in [0.717, 1.165) is 11.4 Å². The Morgan fingerprint density at radius 2 is 2.11 bits per heavy atom. The van der Waals surface area contributed by atoms with E-state index in [-0.39, 0.29) is 11.7 Å². The van der Waals surface area contributed by atoms with Crippen molar-refractivity contribution < 1.29 is 4.79 Å². The monoisotopic (exact) mass is 281 g/mol. The topological polar surface area (TPSA) is 80.7 Å². The van der Waals surface area contributed by atoms with Crippen LogP contribution in [0, 0.1) is 13.8 Å². The molecule has 0 saturated carbocycles. The van der Waals surface area contributed by atoms with Crippen LogP contribution in [0.15, 0.2) is 16.7 Å². The minimum atomic E-state index is -0.139. The Hall–Kier alpha value is -1.54. The number of rotatable bonds is 4. The molecule has 2 heterocycles. The second-order valence-corrected chi connectivity index (χ2v) is 5.29. The predicted molar refractivity (Wildman–Crippen MR) is 70.8 cm³/mol. The molecule has 2 rings (SSSR count). The van der Waals surface area contributed by atoms with Gasteiger partial charge in [-0.2, -0.15) is 0 Å². The van der Waals surface area contributed by atoms with Gasteiger partial charge >= 0.3 is 0 Å². The van der Waals surface area contributed by atoms with Crippen molar-refractivity contribution in [2.75, 3.05) is 11.1 Å². The fourth-order valence-electron chi connectivity index (χ4n) is 1.27. The van der Waals surface area contributed by atoms with Gasteiger partial charge in [-0.15, -0.1) is 10.2 Å². The third-order valence-corrected chi connectivity index (χ3v) is 3.35. The first-order chi connectivity index (χ1) is 8.63. The minimum absolute atomic E-state index is 0.139. The number of anilines is 1. The molecule has 0 aliphatic heterocycles. The highest BCUT2D eigenvalue weighted by Crippen LogP contribution is 2.15. The Morgan fingerprint density at radius 1 is 1.39 bits per heavy atom. The van der Waals surface area contributed by atoms with E-state index in [2.05, 4.69) is 25.5 Å². The normalized spacial score (nSPS) is 10.3. The lowest BCUT2D eigenvalue weighted by Crippen LogP contribution is -2.14. The Balaban J connectivity index is 1.89. The van der Waals surface area contributed by atoms with Crippen LogP contribution in [-0.2, 0) is 4.79 Å².